The Labute approximate surface area is 158 Å². The average Bonchev–Trinajstić information content (AvgIpc) is 3.11. The van der Waals surface area contributed by atoms with E-state index in [9.17, 15) is 4.79 Å². The van der Waals surface area contributed by atoms with Gasteiger partial charge in [0, 0.05) is 12.1 Å². The van der Waals surface area contributed by atoms with Crippen molar-refractivity contribution in [1.29, 1.82) is 0 Å². The zero-order valence-electron chi connectivity index (χ0n) is 15.2. The van der Waals surface area contributed by atoms with Crippen LogP contribution in [-0.4, -0.2) is 15.5 Å². The fourth-order valence-electron chi connectivity index (χ4n) is 3.43. The first-order valence-electron chi connectivity index (χ1n) is 9.03. The van der Waals surface area contributed by atoms with E-state index in [0.29, 0.717) is 6.42 Å². The van der Waals surface area contributed by atoms with Gasteiger partial charge in [-0.25, -0.2) is 4.98 Å². The fraction of sp³-hybridized carbons (Fsp3) is 0.130. The van der Waals surface area contributed by atoms with Gasteiger partial charge < -0.3 is 5.73 Å². The summed E-state index contributed by atoms with van der Waals surface area (Å²) in [6.45, 7) is 2.01. The number of primary amides is 1. The summed E-state index contributed by atoms with van der Waals surface area (Å²) in [6.07, 6.45) is 2.18. The normalized spacial score (nSPS) is 12.2. The van der Waals surface area contributed by atoms with Gasteiger partial charge in [0.2, 0.25) is 5.91 Å². The molecule has 134 valence electrons. The van der Waals surface area contributed by atoms with E-state index < -0.39 is 0 Å². The molecule has 27 heavy (non-hydrogen) atoms. The average molecular weight is 355 g/mol. The number of imidazole rings is 1. The van der Waals surface area contributed by atoms with Gasteiger partial charge in [0.1, 0.15) is 6.33 Å². The highest BCUT2D eigenvalue weighted by atomic mass is 16.1. The third-order valence-corrected chi connectivity index (χ3v) is 4.88. The maximum atomic E-state index is 11.2. The van der Waals surface area contributed by atoms with Crippen molar-refractivity contribution in [2.24, 2.45) is 5.73 Å². The van der Waals surface area contributed by atoms with Crippen LogP contribution in [0.5, 0.6) is 0 Å². The molecule has 1 atom stereocenters. The van der Waals surface area contributed by atoms with Crippen molar-refractivity contribution < 1.29 is 4.79 Å². The Kier molecular flexibility index (Phi) is 4.47. The van der Waals surface area contributed by atoms with Gasteiger partial charge in [0.15, 0.2) is 0 Å². The lowest BCUT2D eigenvalue weighted by Gasteiger charge is -2.11. The number of carbonyl (C=O) groups is 1. The molecule has 0 radical (unpaired) electrons. The number of rotatable bonds is 5. The van der Waals surface area contributed by atoms with Crippen molar-refractivity contribution in [3.63, 3.8) is 0 Å². The van der Waals surface area contributed by atoms with E-state index in [-0.39, 0.29) is 11.8 Å². The molecule has 0 aliphatic heterocycles. The Morgan fingerprint density at radius 1 is 1.00 bits per heavy atom. The molecule has 3 aromatic carbocycles. The van der Waals surface area contributed by atoms with Crippen LogP contribution in [0.2, 0.25) is 0 Å². The maximum absolute atomic E-state index is 11.2. The minimum Gasteiger partial charge on any atom is -0.370 e. The lowest BCUT2D eigenvalue weighted by atomic mass is 9.97. The van der Waals surface area contributed by atoms with Crippen LogP contribution >= 0.6 is 0 Å². The van der Waals surface area contributed by atoms with Gasteiger partial charge in [0.25, 0.3) is 0 Å². The molecule has 2 N–H and O–H groups in total. The third-order valence-electron chi connectivity index (χ3n) is 4.88. The van der Waals surface area contributed by atoms with Crippen LogP contribution in [0.3, 0.4) is 0 Å². The maximum Gasteiger partial charge on any atom is 0.218 e. The largest absolute Gasteiger partial charge is 0.370 e. The summed E-state index contributed by atoms with van der Waals surface area (Å²) >= 11 is 0. The molecule has 0 bridgehead atoms. The second-order valence-electron chi connectivity index (χ2n) is 6.85. The SMILES string of the molecule is C[C@H](CC(N)=O)c1ccc2c(c1)ncn2-c1cccc(-c2ccccc2)c1. The van der Waals surface area contributed by atoms with Crippen LogP contribution < -0.4 is 5.73 Å². The van der Waals surface area contributed by atoms with E-state index in [0.717, 1.165) is 22.3 Å². The van der Waals surface area contributed by atoms with Crippen LogP contribution in [0.4, 0.5) is 0 Å². The van der Waals surface area contributed by atoms with Gasteiger partial charge in [-0.2, -0.15) is 0 Å². The molecule has 0 aliphatic rings. The zero-order valence-corrected chi connectivity index (χ0v) is 15.2. The Morgan fingerprint density at radius 3 is 2.56 bits per heavy atom. The highest BCUT2D eigenvalue weighted by Gasteiger charge is 2.12. The van der Waals surface area contributed by atoms with E-state index in [1.807, 2.05) is 37.5 Å². The summed E-state index contributed by atoms with van der Waals surface area (Å²) in [6, 6.07) is 24.9. The molecule has 4 nitrogen and oxygen atoms in total. The van der Waals surface area contributed by atoms with Gasteiger partial charge in [-0.1, -0.05) is 55.5 Å². The number of amides is 1. The first kappa shape index (κ1) is 17.0. The third kappa shape index (κ3) is 3.47. The number of fused-ring (bicyclic) bond motifs is 1. The summed E-state index contributed by atoms with van der Waals surface area (Å²) in [5, 5.41) is 0. The second-order valence-corrected chi connectivity index (χ2v) is 6.85. The molecule has 0 fully saturated rings. The summed E-state index contributed by atoms with van der Waals surface area (Å²) in [5.74, 6) is -0.204. The predicted molar refractivity (Wildman–Crippen MR) is 109 cm³/mol. The van der Waals surface area contributed by atoms with Gasteiger partial charge in [-0.05, 0) is 46.9 Å². The van der Waals surface area contributed by atoms with Gasteiger partial charge in [-0.3, -0.25) is 9.36 Å². The minimum absolute atomic E-state index is 0.0819. The topological polar surface area (TPSA) is 60.9 Å². The van der Waals surface area contributed by atoms with Gasteiger partial charge in [-0.15, -0.1) is 0 Å². The molecule has 0 saturated carbocycles. The molecule has 1 amide bonds. The standard InChI is InChI=1S/C23H21N3O/c1-16(12-23(24)27)18-10-11-22-21(14-18)25-15-26(22)20-9-5-8-19(13-20)17-6-3-2-4-7-17/h2-11,13-16H,12H2,1H3,(H2,24,27)/t16-/m1/s1. The van der Waals surface area contributed by atoms with E-state index >= 15 is 0 Å². The summed E-state index contributed by atoms with van der Waals surface area (Å²) in [7, 11) is 0. The van der Waals surface area contributed by atoms with Crippen molar-refractivity contribution in [2.75, 3.05) is 0 Å². The molecular weight excluding hydrogens is 334 g/mol. The number of nitrogens with zero attached hydrogens (tertiary/aromatic N) is 2. The molecule has 0 aliphatic carbocycles. The fourth-order valence-corrected chi connectivity index (χ4v) is 3.43. The lowest BCUT2D eigenvalue weighted by molar-refractivity contribution is -0.118. The van der Waals surface area contributed by atoms with Crippen LogP contribution in [-0.2, 0) is 4.79 Å². The van der Waals surface area contributed by atoms with Crippen LogP contribution in [0.1, 0.15) is 24.8 Å². The molecular formula is C23H21N3O. The quantitative estimate of drug-likeness (QED) is 0.565. The van der Waals surface area contributed by atoms with E-state index in [2.05, 4.69) is 58.1 Å². The second kappa shape index (κ2) is 7.08. The highest BCUT2D eigenvalue weighted by Crippen LogP contribution is 2.27. The van der Waals surface area contributed by atoms with Crippen LogP contribution in [0.15, 0.2) is 79.1 Å². The summed E-state index contributed by atoms with van der Waals surface area (Å²) in [4.78, 5) is 15.8. The van der Waals surface area contributed by atoms with Crippen molar-refractivity contribution in [2.45, 2.75) is 19.3 Å². The molecule has 0 spiro atoms. The number of nitrogens with two attached hydrogens (primary N) is 1. The van der Waals surface area contributed by atoms with Crippen molar-refractivity contribution >= 4 is 16.9 Å². The Balaban J connectivity index is 1.72. The van der Waals surface area contributed by atoms with Crippen molar-refractivity contribution in [1.82, 2.24) is 9.55 Å². The Morgan fingerprint density at radius 2 is 1.78 bits per heavy atom. The van der Waals surface area contributed by atoms with Gasteiger partial charge >= 0.3 is 0 Å². The first-order chi connectivity index (χ1) is 13.1. The number of carbonyl (C=O) groups excluding carboxylic acids is 1. The highest BCUT2D eigenvalue weighted by molar-refractivity contribution is 5.80. The Bertz CT molecular complexity index is 1100. The molecule has 1 heterocycles. The van der Waals surface area contributed by atoms with Crippen molar-refractivity contribution in [3.05, 3.63) is 84.7 Å². The van der Waals surface area contributed by atoms with E-state index in [1.54, 1.807) is 0 Å². The first-order valence-corrected chi connectivity index (χ1v) is 9.03. The van der Waals surface area contributed by atoms with E-state index in [4.69, 9.17) is 5.73 Å². The predicted octanol–water partition coefficient (Wildman–Crippen LogP) is 4.67. The number of hydrogen-bond acceptors (Lipinski definition) is 2. The molecule has 4 rings (SSSR count). The van der Waals surface area contributed by atoms with Gasteiger partial charge in [0.05, 0.1) is 11.0 Å². The minimum atomic E-state index is -0.286. The molecule has 0 saturated heterocycles. The van der Waals surface area contributed by atoms with E-state index in [1.165, 1.54) is 11.1 Å². The van der Waals surface area contributed by atoms with Crippen LogP contribution in [0.25, 0.3) is 27.8 Å². The van der Waals surface area contributed by atoms with Crippen LogP contribution in [0, 0.1) is 0 Å². The monoisotopic (exact) mass is 355 g/mol. The molecule has 4 aromatic rings. The summed E-state index contributed by atoms with van der Waals surface area (Å²) in [5.41, 5.74) is 11.8. The lowest BCUT2D eigenvalue weighted by Crippen LogP contribution is -2.13. The Hall–Kier alpha value is -3.40. The van der Waals surface area contributed by atoms with Crippen molar-refractivity contribution in [3.8, 4) is 16.8 Å². The molecule has 0 unspecified atom stereocenters. The number of aromatic nitrogens is 2. The molecule has 1 aromatic heterocycles. The number of hydrogen-bond donors (Lipinski definition) is 1. The molecule has 4 heteroatoms. The summed E-state index contributed by atoms with van der Waals surface area (Å²) < 4.78 is 2.09. The number of benzene rings is 3. The zero-order chi connectivity index (χ0) is 18.8. The smallest absolute Gasteiger partial charge is 0.218 e.